The first-order valence-corrected chi connectivity index (χ1v) is 6.92. The summed E-state index contributed by atoms with van der Waals surface area (Å²) < 4.78 is 2.35. The van der Waals surface area contributed by atoms with E-state index in [9.17, 15) is 4.79 Å². The third-order valence-electron chi connectivity index (χ3n) is 4.09. The predicted molar refractivity (Wildman–Crippen MR) is 78.7 cm³/mol. The van der Waals surface area contributed by atoms with Crippen LogP contribution in [0.15, 0.2) is 35.9 Å². The molecule has 0 radical (unpaired) electrons. The highest BCUT2D eigenvalue weighted by Crippen LogP contribution is 2.41. The van der Waals surface area contributed by atoms with Gasteiger partial charge in [-0.2, -0.15) is 0 Å². The van der Waals surface area contributed by atoms with Crippen molar-refractivity contribution < 1.29 is 4.79 Å². The molecule has 0 N–H and O–H groups in total. The Labute approximate surface area is 113 Å². The van der Waals surface area contributed by atoms with Gasteiger partial charge in [0.2, 0.25) is 0 Å². The molecular weight excluding hydrogens is 234 g/mol. The van der Waals surface area contributed by atoms with Crippen molar-refractivity contribution in [3.63, 3.8) is 0 Å². The second-order valence-corrected chi connectivity index (χ2v) is 5.38. The van der Waals surface area contributed by atoms with Crippen molar-refractivity contribution >= 4 is 16.7 Å². The van der Waals surface area contributed by atoms with Gasteiger partial charge in [0.25, 0.3) is 0 Å². The fourth-order valence-corrected chi connectivity index (χ4v) is 2.81. The number of carbonyl (C=O) groups excluding carboxylic acids is 1. The minimum absolute atomic E-state index is 0.163. The van der Waals surface area contributed by atoms with Crippen LogP contribution < -0.4 is 0 Å². The smallest absolute Gasteiger partial charge is 0.190 e. The molecule has 0 bridgehead atoms. The van der Waals surface area contributed by atoms with E-state index in [2.05, 4.69) is 29.7 Å². The molecule has 98 valence electrons. The average molecular weight is 253 g/mol. The fraction of sp³-hybridized carbons (Fsp3) is 0.353. The van der Waals surface area contributed by atoms with Crippen LogP contribution in [0.2, 0.25) is 0 Å². The lowest BCUT2D eigenvalue weighted by molar-refractivity contribution is 0.103. The molecule has 1 aromatic carbocycles. The summed E-state index contributed by atoms with van der Waals surface area (Å²) in [5.74, 6) is 0.163. The van der Waals surface area contributed by atoms with Crippen molar-refractivity contribution in [3.05, 3.63) is 47.2 Å². The number of benzene rings is 1. The number of hydrogen-bond acceptors (Lipinski definition) is 1. The third kappa shape index (κ3) is 1.83. The Balaban J connectivity index is 2.30. The summed E-state index contributed by atoms with van der Waals surface area (Å²) in [6, 6.07) is 8.86. The normalized spacial score (nSPS) is 16.1. The second kappa shape index (κ2) is 4.37. The molecule has 0 atom stereocenters. The maximum atomic E-state index is 12.6. The van der Waals surface area contributed by atoms with Crippen molar-refractivity contribution in [2.24, 2.45) is 0 Å². The maximum Gasteiger partial charge on any atom is 0.190 e. The number of fused-ring (bicyclic) bond motifs is 1. The van der Waals surface area contributed by atoms with Crippen LogP contribution in [0.3, 0.4) is 0 Å². The maximum absolute atomic E-state index is 12.6. The summed E-state index contributed by atoms with van der Waals surface area (Å²) in [6.45, 7) is 5.89. The first-order valence-electron chi connectivity index (χ1n) is 6.92. The van der Waals surface area contributed by atoms with E-state index < -0.39 is 0 Å². The number of aromatic nitrogens is 1. The van der Waals surface area contributed by atoms with Gasteiger partial charge >= 0.3 is 0 Å². The number of nitrogens with zero attached hydrogens (tertiary/aromatic N) is 1. The van der Waals surface area contributed by atoms with Gasteiger partial charge in [0.1, 0.15) is 0 Å². The van der Waals surface area contributed by atoms with Crippen molar-refractivity contribution in [3.8, 4) is 0 Å². The molecule has 0 spiro atoms. The molecule has 0 unspecified atom stereocenters. The SMILES string of the molecule is CC=C(C)C(=O)c1c(C)n(C2CC2)c2ccccc12. The van der Waals surface area contributed by atoms with Gasteiger partial charge in [-0.05, 0) is 45.3 Å². The molecule has 1 heterocycles. The molecule has 19 heavy (non-hydrogen) atoms. The van der Waals surface area contributed by atoms with Gasteiger partial charge in [-0.25, -0.2) is 0 Å². The Bertz CT molecular complexity index is 687. The van der Waals surface area contributed by atoms with Crippen LogP contribution in [-0.2, 0) is 0 Å². The molecule has 2 nitrogen and oxygen atoms in total. The second-order valence-electron chi connectivity index (χ2n) is 5.38. The first kappa shape index (κ1) is 12.2. The summed E-state index contributed by atoms with van der Waals surface area (Å²) in [5, 5.41) is 1.10. The standard InChI is InChI=1S/C17H19NO/c1-4-11(2)17(19)16-12(3)18(13-9-10-13)15-8-6-5-7-14(15)16/h4-8,13H,9-10H2,1-3H3. The lowest BCUT2D eigenvalue weighted by Crippen LogP contribution is -2.04. The minimum Gasteiger partial charge on any atom is -0.341 e. The molecule has 1 aliphatic carbocycles. The minimum atomic E-state index is 0.163. The van der Waals surface area contributed by atoms with Crippen molar-refractivity contribution in [1.29, 1.82) is 0 Å². The van der Waals surface area contributed by atoms with E-state index in [0.29, 0.717) is 6.04 Å². The topological polar surface area (TPSA) is 22.0 Å². The molecule has 0 saturated heterocycles. The van der Waals surface area contributed by atoms with Crippen molar-refractivity contribution in [1.82, 2.24) is 4.57 Å². The largest absolute Gasteiger partial charge is 0.341 e. The Morgan fingerprint density at radius 1 is 1.32 bits per heavy atom. The molecule has 0 amide bonds. The van der Waals surface area contributed by atoms with Crippen LogP contribution in [0.25, 0.3) is 10.9 Å². The summed E-state index contributed by atoms with van der Waals surface area (Å²) in [6.07, 6.45) is 4.36. The molecule has 2 aromatic rings. The summed E-state index contributed by atoms with van der Waals surface area (Å²) >= 11 is 0. The zero-order chi connectivity index (χ0) is 13.6. The van der Waals surface area contributed by atoms with Crippen LogP contribution >= 0.6 is 0 Å². The number of carbonyl (C=O) groups is 1. The van der Waals surface area contributed by atoms with Crippen LogP contribution in [-0.4, -0.2) is 10.4 Å². The molecule has 0 aliphatic heterocycles. The van der Waals surface area contributed by atoms with E-state index in [1.54, 1.807) is 0 Å². The van der Waals surface area contributed by atoms with Crippen LogP contribution in [0.1, 0.15) is 48.8 Å². The first-order chi connectivity index (χ1) is 9.15. The number of para-hydroxylation sites is 1. The highest BCUT2D eigenvalue weighted by molar-refractivity contribution is 6.17. The fourth-order valence-electron chi connectivity index (χ4n) is 2.81. The molecule has 1 aliphatic rings. The van der Waals surface area contributed by atoms with Gasteiger partial charge in [0.15, 0.2) is 5.78 Å². The van der Waals surface area contributed by atoms with E-state index >= 15 is 0 Å². The molecule has 2 heteroatoms. The lowest BCUT2D eigenvalue weighted by atomic mass is 10.0. The van der Waals surface area contributed by atoms with Crippen LogP contribution in [0, 0.1) is 6.92 Å². The average Bonchev–Trinajstić information content (AvgIpc) is 3.20. The predicted octanol–water partition coefficient (Wildman–Crippen LogP) is 4.43. The number of hydrogen-bond donors (Lipinski definition) is 0. The molecule has 3 rings (SSSR count). The summed E-state index contributed by atoms with van der Waals surface area (Å²) in [7, 11) is 0. The van der Waals surface area contributed by atoms with Gasteiger partial charge in [-0.3, -0.25) is 4.79 Å². The Morgan fingerprint density at radius 2 is 2.00 bits per heavy atom. The summed E-state index contributed by atoms with van der Waals surface area (Å²) in [5.41, 5.74) is 4.03. The summed E-state index contributed by atoms with van der Waals surface area (Å²) in [4.78, 5) is 12.6. The number of allylic oxidation sites excluding steroid dienone is 2. The van der Waals surface area contributed by atoms with E-state index in [1.807, 2.05) is 26.0 Å². The van der Waals surface area contributed by atoms with Gasteiger partial charge < -0.3 is 4.57 Å². The van der Waals surface area contributed by atoms with E-state index in [4.69, 9.17) is 0 Å². The highest BCUT2D eigenvalue weighted by atomic mass is 16.1. The van der Waals surface area contributed by atoms with Gasteiger partial charge in [-0.15, -0.1) is 0 Å². The molecular formula is C17H19NO. The van der Waals surface area contributed by atoms with E-state index in [1.165, 1.54) is 18.4 Å². The van der Waals surface area contributed by atoms with Gasteiger partial charge in [0, 0.05) is 22.6 Å². The zero-order valence-corrected chi connectivity index (χ0v) is 11.7. The van der Waals surface area contributed by atoms with Crippen molar-refractivity contribution in [2.75, 3.05) is 0 Å². The number of Topliss-reactive ketones (excluding diaryl/α,β-unsaturated/α-hetero) is 1. The van der Waals surface area contributed by atoms with E-state index in [0.717, 1.165) is 22.2 Å². The number of rotatable bonds is 3. The highest BCUT2D eigenvalue weighted by Gasteiger charge is 2.29. The van der Waals surface area contributed by atoms with Crippen LogP contribution in [0.4, 0.5) is 0 Å². The van der Waals surface area contributed by atoms with Gasteiger partial charge in [0.05, 0.1) is 5.56 Å². The van der Waals surface area contributed by atoms with Crippen LogP contribution in [0.5, 0.6) is 0 Å². The quantitative estimate of drug-likeness (QED) is 0.585. The molecule has 1 aromatic heterocycles. The van der Waals surface area contributed by atoms with Crippen molar-refractivity contribution in [2.45, 2.75) is 39.7 Å². The Morgan fingerprint density at radius 3 is 2.63 bits per heavy atom. The van der Waals surface area contributed by atoms with E-state index in [-0.39, 0.29) is 5.78 Å². The Kier molecular flexibility index (Phi) is 2.81. The molecule has 1 fully saturated rings. The van der Waals surface area contributed by atoms with Gasteiger partial charge in [-0.1, -0.05) is 24.3 Å². The molecule has 1 saturated carbocycles. The Hall–Kier alpha value is -1.83. The number of ketones is 1. The zero-order valence-electron chi connectivity index (χ0n) is 11.7. The monoisotopic (exact) mass is 253 g/mol. The third-order valence-corrected chi connectivity index (χ3v) is 4.09. The lowest BCUT2D eigenvalue weighted by Gasteiger charge is -2.06.